The van der Waals surface area contributed by atoms with Gasteiger partial charge in [0.2, 0.25) is 0 Å². The molecule has 0 aromatic carbocycles. The van der Waals surface area contributed by atoms with Gasteiger partial charge in [0.1, 0.15) is 0 Å². The molecule has 0 saturated carbocycles. The summed E-state index contributed by atoms with van der Waals surface area (Å²) in [6, 6.07) is 3.64. The molecule has 1 aromatic rings. The van der Waals surface area contributed by atoms with Crippen LogP contribution >= 0.6 is 0 Å². The van der Waals surface area contributed by atoms with Crippen LogP contribution in [0.2, 0.25) is 0 Å². The van der Waals surface area contributed by atoms with Crippen molar-refractivity contribution < 1.29 is 14.3 Å². The summed E-state index contributed by atoms with van der Waals surface area (Å²) in [5, 5.41) is 3.03. The number of anilines is 2. The van der Waals surface area contributed by atoms with Crippen molar-refractivity contribution in [3.8, 4) is 0 Å². The average Bonchev–Trinajstić information content (AvgIpc) is 2.63. The molecule has 0 aliphatic carbocycles. The van der Waals surface area contributed by atoms with E-state index in [0.29, 0.717) is 19.8 Å². The Kier molecular flexibility index (Phi) is 5.20. The van der Waals surface area contributed by atoms with E-state index < -0.39 is 0 Å². The van der Waals surface area contributed by atoms with Gasteiger partial charge in [0.05, 0.1) is 31.0 Å². The van der Waals surface area contributed by atoms with Gasteiger partial charge in [-0.1, -0.05) is 0 Å². The minimum Gasteiger partial charge on any atom is -0.378 e. The van der Waals surface area contributed by atoms with E-state index in [4.69, 9.17) is 9.47 Å². The Labute approximate surface area is 142 Å². The second-order valence-electron chi connectivity index (χ2n) is 6.58. The molecular formula is C17H26N4O3. The third kappa shape index (κ3) is 3.79. The predicted octanol–water partition coefficient (Wildman–Crippen LogP) is 1.95. The third-order valence-corrected chi connectivity index (χ3v) is 4.78. The number of likely N-dealkylation sites (tertiary alicyclic amines) is 1. The fraction of sp³-hybridized carbons (Fsp3) is 0.647. The zero-order valence-corrected chi connectivity index (χ0v) is 14.5. The number of pyridine rings is 1. The first-order chi connectivity index (χ1) is 11.6. The van der Waals surface area contributed by atoms with Gasteiger partial charge in [0, 0.05) is 32.9 Å². The van der Waals surface area contributed by atoms with Gasteiger partial charge in [0.25, 0.3) is 0 Å². The van der Waals surface area contributed by atoms with Crippen molar-refractivity contribution in [3.05, 3.63) is 18.3 Å². The number of carbonyl (C=O) groups is 1. The molecule has 0 spiro atoms. The van der Waals surface area contributed by atoms with Crippen LogP contribution in [0.4, 0.5) is 16.3 Å². The number of aromatic nitrogens is 1. The molecule has 1 aromatic heterocycles. The van der Waals surface area contributed by atoms with Crippen molar-refractivity contribution >= 4 is 17.5 Å². The number of carbonyl (C=O) groups excluding carboxylic acids is 1. The molecule has 0 radical (unpaired) electrons. The Morgan fingerprint density at radius 1 is 1.38 bits per heavy atom. The highest BCUT2D eigenvalue weighted by molar-refractivity contribution is 5.92. The smallest absolute Gasteiger partial charge is 0.322 e. The van der Waals surface area contributed by atoms with Crippen molar-refractivity contribution in [1.82, 2.24) is 9.88 Å². The van der Waals surface area contributed by atoms with Crippen molar-refractivity contribution in [2.45, 2.75) is 25.4 Å². The second-order valence-corrected chi connectivity index (χ2v) is 6.58. The zero-order valence-electron chi connectivity index (χ0n) is 14.5. The molecule has 7 nitrogen and oxygen atoms in total. The molecule has 7 heteroatoms. The van der Waals surface area contributed by atoms with Crippen LogP contribution in [0, 0.1) is 0 Å². The first-order valence-corrected chi connectivity index (χ1v) is 8.50. The first-order valence-electron chi connectivity index (χ1n) is 8.50. The molecule has 132 valence electrons. The second kappa shape index (κ2) is 7.36. The number of amides is 2. The van der Waals surface area contributed by atoms with E-state index in [2.05, 4.69) is 22.1 Å². The number of ether oxygens (including phenoxy) is 2. The maximum atomic E-state index is 12.7. The number of methoxy groups -OCH3 is 1. The number of piperidine rings is 1. The topological polar surface area (TPSA) is 66.9 Å². The van der Waals surface area contributed by atoms with E-state index in [0.717, 1.165) is 44.0 Å². The molecule has 2 saturated heterocycles. The third-order valence-electron chi connectivity index (χ3n) is 4.78. The number of morpholine rings is 1. The van der Waals surface area contributed by atoms with E-state index in [1.807, 2.05) is 17.0 Å². The molecule has 2 amide bonds. The highest BCUT2D eigenvalue weighted by Gasteiger charge is 2.33. The minimum absolute atomic E-state index is 0.0968. The molecule has 3 rings (SSSR count). The fourth-order valence-corrected chi connectivity index (χ4v) is 3.26. The summed E-state index contributed by atoms with van der Waals surface area (Å²) >= 11 is 0. The van der Waals surface area contributed by atoms with Crippen LogP contribution < -0.4 is 10.2 Å². The number of hydrogen-bond acceptors (Lipinski definition) is 5. The minimum atomic E-state index is -0.266. The summed E-state index contributed by atoms with van der Waals surface area (Å²) < 4.78 is 11.0. The molecule has 1 unspecified atom stereocenters. The van der Waals surface area contributed by atoms with Crippen molar-refractivity contribution in [2.75, 3.05) is 56.7 Å². The number of nitrogens with zero attached hydrogens (tertiary/aromatic N) is 3. The van der Waals surface area contributed by atoms with Gasteiger partial charge >= 0.3 is 6.03 Å². The summed E-state index contributed by atoms with van der Waals surface area (Å²) in [5.74, 6) is 0.806. The molecule has 0 bridgehead atoms. The van der Waals surface area contributed by atoms with E-state index in [-0.39, 0.29) is 11.6 Å². The lowest BCUT2D eigenvalue weighted by Crippen LogP contribution is -2.51. The number of urea groups is 1. The largest absolute Gasteiger partial charge is 0.378 e. The molecule has 24 heavy (non-hydrogen) atoms. The van der Waals surface area contributed by atoms with Gasteiger partial charge in [-0.15, -0.1) is 0 Å². The summed E-state index contributed by atoms with van der Waals surface area (Å²) in [6.45, 7) is 6.33. The van der Waals surface area contributed by atoms with Gasteiger partial charge in [-0.3, -0.25) is 0 Å². The number of nitrogens with one attached hydrogen (secondary N) is 1. The van der Waals surface area contributed by atoms with Gasteiger partial charge in [-0.05, 0) is 31.9 Å². The van der Waals surface area contributed by atoms with E-state index in [1.54, 1.807) is 13.3 Å². The molecule has 1 atom stereocenters. The van der Waals surface area contributed by atoms with Gasteiger partial charge in [-0.2, -0.15) is 0 Å². The maximum absolute atomic E-state index is 12.7. The van der Waals surface area contributed by atoms with Crippen LogP contribution in [0.3, 0.4) is 0 Å². The van der Waals surface area contributed by atoms with E-state index >= 15 is 0 Å². The maximum Gasteiger partial charge on any atom is 0.322 e. The highest BCUT2D eigenvalue weighted by atomic mass is 16.5. The average molecular weight is 334 g/mol. The quantitative estimate of drug-likeness (QED) is 0.915. The van der Waals surface area contributed by atoms with Crippen LogP contribution in [0.25, 0.3) is 0 Å². The molecule has 2 aliphatic heterocycles. The van der Waals surface area contributed by atoms with Crippen molar-refractivity contribution in [3.63, 3.8) is 0 Å². The van der Waals surface area contributed by atoms with Crippen LogP contribution in [-0.4, -0.2) is 68.0 Å². The molecule has 2 fully saturated rings. The Morgan fingerprint density at radius 3 is 2.92 bits per heavy atom. The summed E-state index contributed by atoms with van der Waals surface area (Å²) in [7, 11) is 1.71. The zero-order chi connectivity index (χ0) is 17.0. The Hall–Kier alpha value is -1.86. The highest BCUT2D eigenvalue weighted by Crippen LogP contribution is 2.27. The summed E-state index contributed by atoms with van der Waals surface area (Å²) in [5.41, 5.74) is 0.478. The normalized spacial score (nSPS) is 24.8. The summed E-state index contributed by atoms with van der Waals surface area (Å²) in [4.78, 5) is 21.1. The Morgan fingerprint density at radius 2 is 2.17 bits per heavy atom. The number of hydrogen-bond donors (Lipinski definition) is 1. The summed E-state index contributed by atoms with van der Waals surface area (Å²) in [6.07, 6.45) is 3.67. The van der Waals surface area contributed by atoms with Crippen LogP contribution in [0.15, 0.2) is 18.3 Å². The van der Waals surface area contributed by atoms with Crippen LogP contribution in [0.1, 0.15) is 19.8 Å². The van der Waals surface area contributed by atoms with E-state index in [1.165, 1.54) is 0 Å². The van der Waals surface area contributed by atoms with E-state index in [9.17, 15) is 4.79 Å². The lowest BCUT2D eigenvalue weighted by atomic mass is 9.95. The Bertz CT molecular complexity index is 577. The van der Waals surface area contributed by atoms with Crippen molar-refractivity contribution in [1.29, 1.82) is 0 Å². The monoisotopic (exact) mass is 334 g/mol. The van der Waals surface area contributed by atoms with Gasteiger partial charge in [-0.25, -0.2) is 9.78 Å². The lowest BCUT2D eigenvalue weighted by molar-refractivity contribution is -0.0389. The van der Waals surface area contributed by atoms with Crippen LogP contribution in [-0.2, 0) is 9.47 Å². The van der Waals surface area contributed by atoms with Crippen LogP contribution in [0.5, 0.6) is 0 Å². The number of rotatable bonds is 3. The van der Waals surface area contributed by atoms with Gasteiger partial charge < -0.3 is 24.6 Å². The fourth-order valence-electron chi connectivity index (χ4n) is 3.26. The Balaban J connectivity index is 1.70. The molecule has 2 aliphatic rings. The first kappa shape index (κ1) is 17.0. The van der Waals surface area contributed by atoms with Gasteiger partial charge in [0.15, 0.2) is 5.82 Å². The standard InChI is InChI=1S/C17H26N4O3/c1-17(23-2)6-4-8-21(13-17)16(22)19-14-5-3-7-18-15(14)20-9-11-24-12-10-20/h3,5,7H,4,6,8-13H2,1-2H3,(H,19,22). The van der Waals surface area contributed by atoms with Crippen molar-refractivity contribution in [2.24, 2.45) is 0 Å². The molecule has 1 N–H and O–H groups in total. The molecule has 3 heterocycles. The SMILES string of the molecule is COC1(C)CCCN(C(=O)Nc2cccnc2N2CCOCC2)C1. The molecular weight excluding hydrogens is 308 g/mol. The predicted molar refractivity (Wildman–Crippen MR) is 92.5 cm³/mol. The lowest BCUT2D eigenvalue weighted by Gasteiger charge is -2.39.